The normalized spacial score (nSPS) is 24.1. The van der Waals surface area contributed by atoms with Crippen LogP contribution in [0.3, 0.4) is 0 Å². The van der Waals surface area contributed by atoms with Crippen molar-refractivity contribution in [1.29, 1.82) is 0 Å². The van der Waals surface area contributed by atoms with Crippen molar-refractivity contribution < 1.29 is 9.18 Å². The molecule has 1 saturated heterocycles. The molecule has 1 amide bonds. The van der Waals surface area contributed by atoms with Crippen LogP contribution in [0.1, 0.15) is 50.3 Å². The zero-order chi connectivity index (χ0) is 14.9. The fourth-order valence-corrected chi connectivity index (χ4v) is 3.01. The highest BCUT2D eigenvalue weighted by molar-refractivity contribution is 5.77. The number of rotatable bonds is 2. The minimum absolute atomic E-state index is 0.0852. The average molecular weight is 278 g/mol. The molecule has 110 valence electrons. The van der Waals surface area contributed by atoms with Crippen LogP contribution >= 0.6 is 0 Å². The highest BCUT2D eigenvalue weighted by Gasteiger charge is 2.34. The number of benzene rings is 1. The van der Waals surface area contributed by atoms with Crippen molar-refractivity contribution in [3.8, 4) is 0 Å². The highest BCUT2D eigenvalue weighted by Crippen LogP contribution is 2.32. The molecule has 0 spiro atoms. The summed E-state index contributed by atoms with van der Waals surface area (Å²) in [5.41, 5.74) is 7.83. The maximum Gasteiger partial charge on any atom is 0.223 e. The van der Waals surface area contributed by atoms with Crippen molar-refractivity contribution >= 4 is 5.91 Å². The first-order chi connectivity index (χ1) is 9.41. The van der Waals surface area contributed by atoms with E-state index >= 15 is 0 Å². The van der Waals surface area contributed by atoms with Gasteiger partial charge >= 0.3 is 0 Å². The van der Waals surface area contributed by atoms with E-state index in [0.717, 1.165) is 18.4 Å². The number of carbonyl (C=O) groups is 1. The predicted octanol–water partition coefficient (Wildman–Crippen LogP) is 2.92. The summed E-state index contributed by atoms with van der Waals surface area (Å²) in [6, 6.07) is 4.85. The molecule has 20 heavy (non-hydrogen) atoms. The number of amides is 1. The summed E-state index contributed by atoms with van der Waals surface area (Å²) in [7, 11) is 0. The van der Waals surface area contributed by atoms with Gasteiger partial charge in [0.25, 0.3) is 0 Å². The Bertz CT molecular complexity index is 501. The van der Waals surface area contributed by atoms with Gasteiger partial charge in [-0.05, 0) is 50.8 Å². The number of aryl methyl sites for hydroxylation is 1. The summed E-state index contributed by atoms with van der Waals surface area (Å²) in [5, 5.41) is 0. The number of nitrogens with two attached hydrogens (primary N) is 1. The van der Waals surface area contributed by atoms with Crippen LogP contribution in [0.15, 0.2) is 18.2 Å². The first-order valence-corrected chi connectivity index (χ1v) is 7.24. The van der Waals surface area contributed by atoms with Crippen molar-refractivity contribution in [1.82, 2.24) is 4.90 Å². The van der Waals surface area contributed by atoms with Gasteiger partial charge in [0.15, 0.2) is 0 Å². The third-order valence-corrected chi connectivity index (χ3v) is 4.00. The Morgan fingerprint density at radius 2 is 2.10 bits per heavy atom. The van der Waals surface area contributed by atoms with Crippen LogP contribution < -0.4 is 5.73 Å². The van der Waals surface area contributed by atoms with Crippen LogP contribution in [0.2, 0.25) is 0 Å². The van der Waals surface area contributed by atoms with E-state index < -0.39 is 0 Å². The van der Waals surface area contributed by atoms with Gasteiger partial charge in [0.2, 0.25) is 5.91 Å². The van der Waals surface area contributed by atoms with Crippen LogP contribution in [0.25, 0.3) is 0 Å². The Morgan fingerprint density at radius 3 is 2.70 bits per heavy atom. The molecule has 2 rings (SSSR count). The smallest absolute Gasteiger partial charge is 0.223 e. The number of nitrogens with zero attached hydrogens (tertiary/aromatic N) is 1. The number of likely N-dealkylation sites (tertiary alicyclic amines) is 1. The lowest BCUT2D eigenvalue weighted by atomic mass is 9.94. The number of halogens is 1. The molecule has 0 aliphatic carbocycles. The minimum Gasteiger partial charge on any atom is -0.332 e. The molecule has 2 atom stereocenters. The van der Waals surface area contributed by atoms with Gasteiger partial charge in [0.1, 0.15) is 5.82 Å². The maximum absolute atomic E-state index is 13.5. The Hall–Kier alpha value is -1.42. The monoisotopic (exact) mass is 278 g/mol. The third-order valence-electron chi connectivity index (χ3n) is 4.00. The second kappa shape index (κ2) is 5.92. The van der Waals surface area contributed by atoms with Gasteiger partial charge in [-0.15, -0.1) is 0 Å². The summed E-state index contributed by atoms with van der Waals surface area (Å²) in [6.07, 6.45) is 2.18. The summed E-state index contributed by atoms with van der Waals surface area (Å²) < 4.78 is 13.5. The molecule has 1 aliphatic rings. The lowest BCUT2D eigenvalue weighted by Crippen LogP contribution is -2.45. The first-order valence-electron chi connectivity index (χ1n) is 7.24. The lowest BCUT2D eigenvalue weighted by molar-refractivity contribution is -0.135. The van der Waals surface area contributed by atoms with E-state index in [4.69, 9.17) is 5.73 Å². The summed E-state index contributed by atoms with van der Waals surface area (Å²) in [5.74, 6) is -0.0849. The molecular formula is C16H23FN2O. The van der Waals surface area contributed by atoms with E-state index in [1.807, 2.05) is 24.8 Å². The van der Waals surface area contributed by atoms with Crippen molar-refractivity contribution in [2.75, 3.05) is 0 Å². The number of hydrogen-bond donors (Lipinski definition) is 1. The van der Waals surface area contributed by atoms with Crippen LogP contribution in [0.4, 0.5) is 4.39 Å². The molecule has 1 aromatic carbocycles. The molecule has 0 aromatic heterocycles. The number of carbonyl (C=O) groups excluding carboxylic acids is 1. The Morgan fingerprint density at radius 1 is 1.40 bits per heavy atom. The second-order valence-electron chi connectivity index (χ2n) is 5.90. The summed E-state index contributed by atoms with van der Waals surface area (Å²) in [4.78, 5) is 14.2. The molecule has 3 nitrogen and oxygen atoms in total. The Labute approximate surface area is 120 Å². The van der Waals surface area contributed by atoms with Gasteiger partial charge in [-0.2, -0.15) is 0 Å². The Kier molecular flexibility index (Phi) is 4.43. The van der Waals surface area contributed by atoms with Crippen LogP contribution in [0.5, 0.6) is 0 Å². The molecule has 2 N–H and O–H groups in total. The van der Waals surface area contributed by atoms with E-state index in [2.05, 4.69) is 0 Å². The molecule has 1 aliphatic heterocycles. The van der Waals surface area contributed by atoms with Crippen LogP contribution in [-0.2, 0) is 4.79 Å². The largest absolute Gasteiger partial charge is 0.332 e. The standard InChI is InChI=1S/C16H23FN2O/c1-10(2)19-15(20)6-4-5-14(18)16(19)12-7-8-13(17)11(3)9-12/h7-10,14,16H,4-6,18H2,1-3H3. The first kappa shape index (κ1) is 15.0. The van der Waals surface area contributed by atoms with Crippen molar-refractivity contribution in [2.45, 2.75) is 58.2 Å². The highest BCUT2D eigenvalue weighted by atomic mass is 19.1. The topological polar surface area (TPSA) is 46.3 Å². The Balaban J connectivity index is 2.45. The van der Waals surface area contributed by atoms with Crippen molar-refractivity contribution in [2.24, 2.45) is 5.73 Å². The molecule has 0 radical (unpaired) electrons. The average Bonchev–Trinajstić information content (AvgIpc) is 2.52. The molecule has 1 fully saturated rings. The van der Waals surface area contributed by atoms with Gasteiger partial charge in [0.05, 0.1) is 6.04 Å². The maximum atomic E-state index is 13.5. The van der Waals surface area contributed by atoms with Crippen molar-refractivity contribution in [3.05, 3.63) is 35.1 Å². The van der Waals surface area contributed by atoms with Crippen LogP contribution in [0, 0.1) is 12.7 Å². The molecule has 0 bridgehead atoms. The second-order valence-corrected chi connectivity index (χ2v) is 5.90. The number of hydrogen-bond acceptors (Lipinski definition) is 2. The molecule has 4 heteroatoms. The van der Waals surface area contributed by atoms with Crippen molar-refractivity contribution in [3.63, 3.8) is 0 Å². The molecule has 1 heterocycles. The zero-order valence-corrected chi connectivity index (χ0v) is 12.4. The minimum atomic E-state index is -0.224. The fraction of sp³-hybridized carbons (Fsp3) is 0.562. The summed E-state index contributed by atoms with van der Waals surface area (Å²) in [6.45, 7) is 5.74. The van der Waals surface area contributed by atoms with Crippen LogP contribution in [-0.4, -0.2) is 22.9 Å². The van der Waals surface area contributed by atoms with Gasteiger partial charge < -0.3 is 10.6 Å². The third kappa shape index (κ3) is 2.85. The predicted molar refractivity (Wildman–Crippen MR) is 77.7 cm³/mol. The van der Waals surface area contributed by atoms with E-state index in [9.17, 15) is 9.18 Å². The van der Waals surface area contributed by atoms with Gasteiger partial charge in [-0.1, -0.05) is 12.1 Å². The molecule has 0 saturated carbocycles. The quantitative estimate of drug-likeness (QED) is 0.904. The molecular weight excluding hydrogens is 255 g/mol. The SMILES string of the molecule is Cc1cc(C2C(N)CCCC(=O)N2C(C)C)ccc1F. The van der Waals surface area contributed by atoms with E-state index in [1.165, 1.54) is 6.07 Å². The zero-order valence-electron chi connectivity index (χ0n) is 12.4. The lowest BCUT2D eigenvalue weighted by Gasteiger charge is -2.37. The van der Waals surface area contributed by atoms with E-state index in [1.54, 1.807) is 13.0 Å². The van der Waals surface area contributed by atoms with E-state index in [-0.39, 0.29) is 29.8 Å². The molecule has 1 aromatic rings. The van der Waals surface area contributed by atoms with Gasteiger partial charge in [-0.3, -0.25) is 4.79 Å². The van der Waals surface area contributed by atoms with Gasteiger partial charge in [0, 0.05) is 18.5 Å². The molecule has 2 unspecified atom stereocenters. The fourth-order valence-electron chi connectivity index (χ4n) is 3.01. The summed E-state index contributed by atoms with van der Waals surface area (Å²) >= 11 is 0. The van der Waals surface area contributed by atoms with Gasteiger partial charge in [-0.25, -0.2) is 4.39 Å². The van der Waals surface area contributed by atoms with E-state index in [0.29, 0.717) is 12.0 Å².